The van der Waals surface area contributed by atoms with Gasteiger partial charge in [0.25, 0.3) is 0 Å². The third-order valence-electron chi connectivity index (χ3n) is 7.23. The molecule has 2 aromatic rings. The lowest BCUT2D eigenvalue weighted by Gasteiger charge is -2.33. The Morgan fingerprint density at radius 2 is 1.59 bits per heavy atom. The molecule has 3 rings (SSSR count). The summed E-state index contributed by atoms with van der Waals surface area (Å²) in [6, 6.07) is 14.3. The number of anilines is 1. The van der Waals surface area contributed by atoms with Gasteiger partial charge in [0.05, 0.1) is 11.9 Å². The molecular formula is C29H41N3O4S. The highest BCUT2D eigenvalue weighted by Crippen LogP contribution is 2.29. The Morgan fingerprint density at radius 3 is 2.22 bits per heavy atom. The van der Waals surface area contributed by atoms with Crippen LogP contribution in [0.25, 0.3) is 0 Å². The van der Waals surface area contributed by atoms with Gasteiger partial charge < -0.3 is 10.2 Å². The van der Waals surface area contributed by atoms with E-state index < -0.39 is 22.0 Å². The molecular weight excluding hydrogens is 486 g/mol. The van der Waals surface area contributed by atoms with Crippen molar-refractivity contribution < 1.29 is 18.0 Å². The summed E-state index contributed by atoms with van der Waals surface area (Å²) >= 11 is 0. The first-order valence-corrected chi connectivity index (χ1v) is 15.0. The Kier molecular flexibility index (Phi) is 9.76. The molecule has 8 heteroatoms. The lowest BCUT2D eigenvalue weighted by atomic mass is 9.95. The van der Waals surface area contributed by atoms with E-state index in [0.29, 0.717) is 5.69 Å². The van der Waals surface area contributed by atoms with Crippen molar-refractivity contribution in [3.63, 3.8) is 0 Å². The average molecular weight is 528 g/mol. The summed E-state index contributed by atoms with van der Waals surface area (Å²) < 4.78 is 27.0. The quantitative estimate of drug-likeness (QED) is 0.483. The number of sulfonamides is 1. The number of para-hydroxylation sites is 1. The van der Waals surface area contributed by atoms with Gasteiger partial charge in [-0.1, -0.05) is 75.6 Å². The number of nitrogens with zero attached hydrogens (tertiary/aromatic N) is 2. The highest BCUT2D eigenvalue weighted by Gasteiger charge is 2.32. The highest BCUT2D eigenvalue weighted by atomic mass is 32.2. The SMILES string of the molecule is Cc1ccccc1CN(C(=O)CN(c1ccccc1C(C)C)S(C)(=O)=O)C(C)C(=O)NC1CCCCC1. The smallest absolute Gasteiger partial charge is 0.244 e. The van der Waals surface area contributed by atoms with E-state index in [9.17, 15) is 18.0 Å². The van der Waals surface area contributed by atoms with E-state index in [1.807, 2.05) is 57.2 Å². The van der Waals surface area contributed by atoms with Gasteiger partial charge in [0.15, 0.2) is 0 Å². The Morgan fingerprint density at radius 1 is 0.973 bits per heavy atom. The van der Waals surface area contributed by atoms with Crippen molar-refractivity contribution in [2.24, 2.45) is 0 Å². The van der Waals surface area contributed by atoms with E-state index in [4.69, 9.17) is 0 Å². The lowest BCUT2D eigenvalue weighted by Crippen LogP contribution is -2.53. The number of hydrogen-bond acceptors (Lipinski definition) is 4. The molecule has 2 aromatic carbocycles. The van der Waals surface area contributed by atoms with Crippen LogP contribution < -0.4 is 9.62 Å². The van der Waals surface area contributed by atoms with E-state index in [-0.39, 0.29) is 31.0 Å². The summed E-state index contributed by atoms with van der Waals surface area (Å²) in [5, 5.41) is 3.13. The first-order valence-electron chi connectivity index (χ1n) is 13.2. The van der Waals surface area contributed by atoms with Gasteiger partial charge in [-0.3, -0.25) is 13.9 Å². The van der Waals surface area contributed by atoms with E-state index in [2.05, 4.69) is 5.32 Å². The number of benzene rings is 2. The molecule has 2 amide bonds. The Bertz CT molecular complexity index is 1190. The third-order valence-corrected chi connectivity index (χ3v) is 8.35. The molecule has 0 heterocycles. The Labute approximate surface area is 222 Å². The number of hydrogen-bond donors (Lipinski definition) is 1. The summed E-state index contributed by atoms with van der Waals surface area (Å²) in [5.74, 6) is -0.556. The van der Waals surface area contributed by atoms with Gasteiger partial charge in [-0.15, -0.1) is 0 Å². The molecule has 1 saturated carbocycles. The normalized spacial score (nSPS) is 15.3. The summed E-state index contributed by atoms with van der Waals surface area (Å²) in [6.45, 7) is 7.50. The standard InChI is InChI=1S/C29H41N3O4S/c1-21(2)26-17-11-12-18-27(26)32(37(5,35)36)20-28(33)31(19-24-14-10-9-13-22(24)3)23(4)29(34)30-25-15-7-6-8-16-25/h9-14,17-18,21,23,25H,6-8,15-16,19-20H2,1-5H3,(H,30,34). The Balaban J connectivity index is 1.93. The average Bonchev–Trinajstić information content (AvgIpc) is 2.86. The van der Waals surface area contributed by atoms with Gasteiger partial charge in [0.1, 0.15) is 12.6 Å². The fourth-order valence-electron chi connectivity index (χ4n) is 4.92. The van der Waals surface area contributed by atoms with Crippen LogP contribution in [0.3, 0.4) is 0 Å². The number of aryl methyl sites for hydroxylation is 1. The molecule has 1 unspecified atom stereocenters. The van der Waals surface area contributed by atoms with Gasteiger partial charge >= 0.3 is 0 Å². The zero-order chi connectivity index (χ0) is 27.2. The molecule has 7 nitrogen and oxygen atoms in total. The van der Waals surface area contributed by atoms with Crippen molar-refractivity contribution >= 4 is 27.5 Å². The molecule has 1 aliphatic carbocycles. The van der Waals surface area contributed by atoms with E-state index >= 15 is 0 Å². The van der Waals surface area contributed by atoms with Crippen molar-refractivity contribution in [2.75, 3.05) is 17.1 Å². The second-order valence-electron chi connectivity index (χ2n) is 10.5. The fraction of sp³-hybridized carbons (Fsp3) is 0.517. The number of carbonyl (C=O) groups is 2. The van der Waals surface area contributed by atoms with E-state index in [0.717, 1.165) is 48.6 Å². The second-order valence-corrected chi connectivity index (χ2v) is 12.4. The van der Waals surface area contributed by atoms with Crippen molar-refractivity contribution in [1.29, 1.82) is 0 Å². The van der Waals surface area contributed by atoms with Crippen LogP contribution in [-0.2, 0) is 26.2 Å². The number of nitrogens with one attached hydrogen (secondary N) is 1. The van der Waals surface area contributed by atoms with Crippen LogP contribution >= 0.6 is 0 Å². The van der Waals surface area contributed by atoms with E-state index in [1.54, 1.807) is 19.1 Å². The van der Waals surface area contributed by atoms with Gasteiger partial charge in [-0.05, 0) is 55.4 Å². The minimum atomic E-state index is -3.77. The first kappa shape index (κ1) is 28.7. The van der Waals surface area contributed by atoms with Crippen molar-refractivity contribution in [1.82, 2.24) is 10.2 Å². The van der Waals surface area contributed by atoms with E-state index in [1.165, 1.54) is 15.6 Å². The maximum atomic E-state index is 13.8. The summed E-state index contributed by atoms with van der Waals surface area (Å²) in [7, 11) is -3.77. The molecule has 0 spiro atoms. The molecule has 0 bridgehead atoms. The van der Waals surface area contributed by atoms with Crippen LogP contribution in [0.15, 0.2) is 48.5 Å². The minimum Gasteiger partial charge on any atom is -0.352 e. The van der Waals surface area contributed by atoms with Gasteiger partial charge in [-0.2, -0.15) is 0 Å². The molecule has 1 fully saturated rings. The predicted molar refractivity (Wildman–Crippen MR) is 149 cm³/mol. The Hall–Kier alpha value is -2.87. The lowest BCUT2D eigenvalue weighted by molar-refractivity contribution is -0.139. The monoisotopic (exact) mass is 527 g/mol. The van der Waals surface area contributed by atoms with Gasteiger partial charge in [0, 0.05) is 12.6 Å². The summed E-state index contributed by atoms with van der Waals surface area (Å²) in [6.07, 6.45) is 6.35. The van der Waals surface area contributed by atoms with Crippen LogP contribution in [0.1, 0.15) is 75.5 Å². The van der Waals surface area contributed by atoms with Crippen LogP contribution in [-0.4, -0.2) is 50.0 Å². The van der Waals surface area contributed by atoms with Crippen LogP contribution in [0, 0.1) is 6.92 Å². The van der Waals surface area contributed by atoms with Crippen molar-refractivity contribution in [3.8, 4) is 0 Å². The van der Waals surface area contributed by atoms with Gasteiger partial charge in [0.2, 0.25) is 21.8 Å². The fourth-order valence-corrected chi connectivity index (χ4v) is 5.79. The summed E-state index contributed by atoms with van der Waals surface area (Å²) in [4.78, 5) is 28.7. The molecule has 1 N–H and O–H groups in total. The maximum absolute atomic E-state index is 13.8. The van der Waals surface area contributed by atoms with Crippen LogP contribution in [0.4, 0.5) is 5.69 Å². The third kappa shape index (κ3) is 7.57. The van der Waals surface area contributed by atoms with Crippen molar-refractivity contribution in [2.45, 2.75) is 84.3 Å². The van der Waals surface area contributed by atoms with Crippen LogP contribution in [0.5, 0.6) is 0 Å². The number of amides is 2. The zero-order valence-corrected chi connectivity index (χ0v) is 23.6. The first-order chi connectivity index (χ1) is 17.5. The molecule has 0 radical (unpaired) electrons. The second kappa shape index (κ2) is 12.6. The molecule has 1 aliphatic rings. The number of rotatable bonds is 10. The number of carbonyl (C=O) groups excluding carboxylic acids is 2. The van der Waals surface area contributed by atoms with Gasteiger partial charge in [-0.25, -0.2) is 8.42 Å². The zero-order valence-electron chi connectivity index (χ0n) is 22.7. The maximum Gasteiger partial charge on any atom is 0.244 e. The molecule has 0 saturated heterocycles. The molecule has 0 aromatic heterocycles. The predicted octanol–water partition coefficient (Wildman–Crippen LogP) is 4.75. The topological polar surface area (TPSA) is 86.8 Å². The molecule has 37 heavy (non-hydrogen) atoms. The van der Waals surface area contributed by atoms with Crippen molar-refractivity contribution in [3.05, 3.63) is 65.2 Å². The highest BCUT2D eigenvalue weighted by molar-refractivity contribution is 7.92. The van der Waals surface area contributed by atoms with Crippen LogP contribution in [0.2, 0.25) is 0 Å². The summed E-state index contributed by atoms with van der Waals surface area (Å²) in [5.41, 5.74) is 3.25. The molecule has 202 valence electrons. The minimum absolute atomic E-state index is 0.0684. The largest absolute Gasteiger partial charge is 0.352 e. The molecule has 0 aliphatic heterocycles. The molecule has 1 atom stereocenters.